The number of nitriles is 1. The lowest BCUT2D eigenvalue weighted by Crippen LogP contribution is -2.14. The van der Waals surface area contributed by atoms with Gasteiger partial charge in [-0.3, -0.25) is 4.79 Å². The Labute approximate surface area is 138 Å². The second-order valence-corrected chi connectivity index (χ2v) is 5.03. The number of carbonyl (C=O) groups excluding carboxylic acids is 1. The summed E-state index contributed by atoms with van der Waals surface area (Å²) in [6.07, 6.45) is 1.58. The van der Waals surface area contributed by atoms with Crippen LogP contribution in [-0.4, -0.2) is 10.9 Å². The highest BCUT2D eigenvalue weighted by Gasteiger charge is 2.13. The molecule has 0 fully saturated rings. The molecule has 0 aliphatic carbocycles. The molecule has 3 aromatic rings. The van der Waals surface area contributed by atoms with E-state index >= 15 is 0 Å². The van der Waals surface area contributed by atoms with E-state index in [0.29, 0.717) is 5.82 Å². The van der Waals surface area contributed by atoms with Gasteiger partial charge in [-0.1, -0.05) is 30.3 Å². The van der Waals surface area contributed by atoms with Crippen molar-refractivity contribution < 1.29 is 9.18 Å². The summed E-state index contributed by atoms with van der Waals surface area (Å²) >= 11 is 0. The Bertz CT molecular complexity index is 933. The van der Waals surface area contributed by atoms with Gasteiger partial charge in [0.1, 0.15) is 17.7 Å². The summed E-state index contributed by atoms with van der Waals surface area (Å²) in [5, 5.41) is 11.6. The van der Waals surface area contributed by atoms with Crippen molar-refractivity contribution in [2.75, 3.05) is 5.32 Å². The van der Waals surface area contributed by atoms with E-state index in [1.54, 1.807) is 18.3 Å². The molecule has 2 aromatic carbocycles. The number of rotatable bonds is 3. The molecule has 0 aliphatic rings. The normalized spacial score (nSPS) is 10.0. The first kappa shape index (κ1) is 15.4. The number of aromatic nitrogens is 1. The molecule has 0 saturated carbocycles. The van der Waals surface area contributed by atoms with Gasteiger partial charge in [-0.25, -0.2) is 9.37 Å². The Morgan fingerprint density at radius 2 is 1.88 bits per heavy atom. The molecule has 1 aromatic heterocycles. The van der Waals surface area contributed by atoms with Crippen LogP contribution in [-0.2, 0) is 0 Å². The average molecular weight is 317 g/mol. The van der Waals surface area contributed by atoms with Crippen LogP contribution in [0.3, 0.4) is 0 Å². The maximum Gasteiger partial charge on any atom is 0.256 e. The number of anilines is 1. The third kappa shape index (κ3) is 3.13. The zero-order valence-corrected chi connectivity index (χ0v) is 12.5. The highest BCUT2D eigenvalue weighted by molar-refractivity contribution is 6.05. The lowest BCUT2D eigenvalue weighted by molar-refractivity contribution is 0.102. The first-order valence-electron chi connectivity index (χ1n) is 7.20. The van der Waals surface area contributed by atoms with Gasteiger partial charge in [0.05, 0.1) is 5.56 Å². The van der Waals surface area contributed by atoms with E-state index in [1.807, 2.05) is 36.4 Å². The topological polar surface area (TPSA) is 65.8 Å². The molecular weight excluding hydrogens is 305 g/mol. The number of halogens is 1. The van der Waals surface area contributed by atoms with Crippen molar-refractivity contribution in [2.45, 2.75) is 0 Å². The van der Waals surface area contributed by atoms with E-state index in [-0.39, 0.29) is 11.1 Å². The quantitative estimate of drug-likeness (QED) is 0.793. The molecule has 5 heteroatoms. The predicted molar refractivity (Wildman–Crippen MR) is 88.7 cm³/mol. The van der Waals surface area contributed by atoms with Crippen LogP contribution in [0.1, 0.15) is 15.9 Å². The fraction of sp³-hybridized carbons (Fsp3) is 0. The number of nitrogens with zero attached hydrogens (tertiary/aromatic N) is 2. The van der Waals surface area contributed by atoms with Crippen molar-refractivity contribution in [1.82, 2.24) is 4.98 Å². The Morgan fingerprint density at radius 1 is 1.08 bits per heavy atom. The van der Waals surface area contributed by atoms with E-state index in [2.05, 4.69) is 10.3 Å². The molecule has 1 N–H and O–H groups in total. The molecule has 1 heterocycles. The smallest absolute Gasteiger partial charge is 0.256 e. The summed E-state index contributed by atoms with van der Waals surface area (Å²) < 4.78 is 13.4. The molecule has 0 bridgehead atoms. The fourth-order valence-corrected chi connectivity index (χ4v) is 2.29. The van der Waals surface area contributed by atoms with Crippen LogP contribution in [0.2, 0.25) is 0 Å². The minimum atomic E-state index is -0.656. The van der Waals surface area contributed by atoms with Gasteiger partial charge in [0, 0.05) is 17.3 Å². The Balaban J connectivity index is 1.92. The van der Waals surface area contributed by atoms with Crippen LogP contribution in [0.5, 0.6) is 0 Å². The van der Waals surface area contributed by atoms with Crippen molar-refractivity contribution >= 4 is 11.7 Å². The molecule has 1 amide bonds. The Hall–Kier alpha value is -3.52. The van der Waals surface area contributed by atoms with Crippen molar-refractivity contribution in [3.8, 4) is 17.2 Å². The molecule has 4 nitrogen and oxygen atoms in total. The highest BCUT2D eigenvalue weighted by Crippen LogP contribution is 2.26. The van der Waals surface area contributed by atoms with Crippen LogP contribution in [0, 0.1) is 17.1 Å². The highest BCUT2D eigenvalue weighted by atomic mass is 19.1. The molecule has 116 valence electrons. The van der Waals surface area contributed by atoms with Crippen LogP contribution >= 0.6 is 0 Å². The van der Waals surface area contributed by atoms with E-state index < -0.39 is 11.7 Å². The number of amides is 1. The Morgan fingerprint density at radius 3 is 2.62 bits per heavy atom. The van der Waals surface area contributed by atoms with Crippen molar-refractivity contribution in [1.29, 1.82) is 5.26 Å². The van der Waals surface area contributed by atoms with Gasteiger partial charge in [0.2, 0.25) is 0 Å². The molecule has 24 heavy (non-hydrogen) atoms. The third-order valence-electron chi connectivity index (χ3n) is 3.47. The van der Waals surface area contributed by atoms with Crippen molar-refractivity contribution in [3.05, 3.63) is 83.8 Å². The summed E-state index contributed by atoms with van der Waals surface area (Å²) in [6.45, 7) is 0. The molecule has 0 spiro atoms. The van der Waals surface area contributed by atoms with E-state index in [9.17, 15) is 9.18 Å². The zero-order chi connectivity index (χ0) is 16.9. The standard InChI is InChI=1S/C19H12FN3O/c20-17-9-8-14(11-15(17)12-21)19(24)23-18-16(7-4-10-22-18)13-5-2-1-3-6-13/h1-11H,(H,22,23,24). The first-order chi connectivity index (χ1) is 11.7. The second kappa shape index (κ2) is 6.71. The number of benzene rings is 2. The monoisotopic (exact) mass is 317 g/mol. The zero-order valence-electron chi connectivity index (χ0n) is 12.5. The average Bonchev–Trinajstić information content (AvgIpc) is 2.63. The van der Waals surface area contributed by atoms with Gasteiger partial charge in [-0.05, 0) is 35.9 Å². The molecular formula is C19H12FN3O. The van der Waals surface area contributed by atoms with Crippen molar-refractivity contribution in [2.24, 2.45) is 0 Å². The summed E-state index contributed by atoms with van der Waals surface area (Å²) in [6, 6.07) is 18.5. The summed E-state index contributed by atoms with van der Waals surface area (Å²) in [5.41, 5.74) is 1.70. The third-order valence-corrected chi connectivity index (χ3v) is 3.47. The fourth-order valence-electron chi connectivity index (χ4n) is 2.29. The Kier molecular flexibility index (Phi) is 4.30. The maximum absolute atomic E-state index is 13.4. The molecule has 0 atom stereocenters. The lowest BCUT2D eigenvalue weighted by atomic mass is 10.1. The molecule has 0 unspecified atom stereocenters. The summed E-state index contributed by atoms with van der Waals surface area (Å²) in [7, 11) is 0. The first-order valence-corrected chi connectivity index (χ1v) is 7.20. The number of hydrogen-bond acceptors (Lipinski definition) is 3. The lowest BCUT2D eigenvalue weighted by Gasteiger charge is -2.10. The number of pyridine rings is 1. The molecule has 0 radical (unpaired) electrons. The van der Waals surface area contributed by atoms with Crippen LogP contribution in [0.25, 0.3) is 11.1 Å². The van der Waals surface area contributed by atoms with Gasteiger partial charge in [0.15, 0.2) is 0 Å². The SMILES string of the molecule is N#Cc1cc(C(=O)Nc2ncccc2-c2ccccc2)ccc1F. The minimum Gasteiger partial charge on any atom is -0.306 e. The number of hydrogen-bond donors (Lipinski definition) is 1. The van der Waals surface area contributed by atoms with Gasteiger partial charge >= 0.3 is 0 Å². The van der Waals surface area contributed by atoms with Gasteiger partial charge in [-0.2, -0.15) is 5.26 Å². The van der Waals surface area contributed by atoms with Gasteiger partial charge in [0.25, 0.3) is 5.91 Å². The molecule has 0 saturated heterocycles. The van der Waals surface area contributed by atoms with Crippen LogP contribution in [0.15, 0.2) is 66.9 Å². The summed E-state index contributed by atoms with van der Waals surface area (Å²) in [4.78, 5) is 16.6. The van der Waals surface area contributed by atoms with Gasteiger partial charge < -0.3 is 5.32 Å². The van der Waals surface area contributed by atoms with E-state index in [0.717, 1.165) is 17.2 Å². The largest absolute Gasteiger partial charge is 0.306 e. The van der Waals surface area contributed by atoms with Crippen LogP contribution < -0.4 is 5.32 Å². The number of nitrogens with one attached hydrogen (secondary N) is 1. The second-order valence-electron chi connectivity index (χ2n) is 5.03. The van der Waals surface area contributed by atoms with E-state index in [4.69, 9.17) is 5.26 Å². The minimum absolute atomic E-state index is 0.174. The van der Waals surface area contributed by atoms with Gasteiger partial charge in [-0.15, -0.1) is 0 Å². The van der Waals surface area contributed by atoms with E-state index in [1.165, 1.54) is 12.1 Å². The van der Waals surface area contributed by atoms with Crippen LogP contribution in [0.4, 0.5) is 10.2 Å². The predicted octanol–water partition coefficient (Wildman–Crippen LogP) is 4.01. The molecule has 0 aliphatic heterocycles. The molecule has 3 rings (SSSR count). The summed E-state index contributed by atoms with van der Waals surface area (Å²) in [5.74, 6) is -0.712. The number of carbonyl (C=O) groups is 1. The maximum atomic E-state index is 13.4. The van der Waals surface area contributed by atoms with Crippen molar-refractivity contribution in [3.63, 3.8) is 0 Å².